The third-order valence-electron chi connectivity index (χ3n) is 2.69. The molecule has 0 fully saturated rings. The first-order valence-electron chi connectivity index (χ1n) is 6.06. The standard InChI is InChI=1S/C13H17BrF2N2O2/c1-18(5-6-20-2)4-3-17-13(19)12-10(15)7-9(14)8-11(12)16/h7-8H,3-6H2,1-2H3,(H,17,19). The highest BCUT2D eigenvalue weighted by atomic mass is 79.9. The second-order valence-electron chi connectivity index (χ2n) is 4.30. The largest absolute Gasteiger partial charge is 0.383 e. The zero-order chi connectivity index (χ0) is 15.1. The number of methoxy groups -OCH3 is 1. The fourth-order valence-corrected chi connectivity index (χ4v) is 1.97. The Morgan fingerprint density at radius 2 is 1.95 bits per heavy atom. The molecule has 0 radical (unpaired) electrons. The summed E-state index contributed by atoms with van der Waals surface area (Å²) >= 11 is 2.96. The molecule has 20 heavy (non-hydrogen) atoms. The van der Waals surface area contributed by atoms with Gasteiger partial charge in [0.05, 0.1) is 6.61 Å². The van der Waals surface area contributed by atoms with Crippen LogP contribution in [-0.4, -0.2) is 51.2 Å². The summed E-state index contributed by atoms with van der Waals surface area (Å²) in [4.78, 5) is 13.7. The molecule has 0 aromatic heterocycles. The molecule has 7 heteroatoms. The summed E-state index contributed by atoms with van der Waals surface area (Å²) in [6.07, 6.45) is 0. The summed E-state index contributed by atoms with van der Waals surface area (Å²) in [6.45, 7) is 2.16. The maximum Gasteiger partial charge on any atom is 0.257 e. The minimum atomic E-state index is -0.887. The van der Waals surface area contributed by atoms with Crippen molar-refractivity contribution in [2.45, 2.75) is 0 Å². The number of halogens is 3. The molecule has 0 saturated carbocycles. The van der Waals surface area contributed by atoms with Crippen molar-refractivity contribution in [2.75, 3.05) is 40.4 Å². The summed E-state index contributed by atoms with van der Waals surface area (Å²) in [5.74, 6) is -2.53. The van der Waals surface area contributed by atoms with E-state index in [2.05, 4.69) is 21.2 Å². The number of carbonyl (C=O) groups excluding carboxylic acids is 1. The molecular formula is C13H17BrF2N2O2. The Bertz CT molecular complexity index is 449. The molecule has 1 aromatic carbocycles. The highest BCUT2D eigenvalue weighted by molar-refractivity contribution is 9.10. The van der Waals surface area contributed by atoms with Crippen molar-refractivity contribution in [3.8, 4) is 0 Å². The van der Waals surface area contributed by atoms with Crippen LogP contribution >= 0.6 is 15.9 Å². The van der Waals surface area contributed by atoms with E-state index in [0.29, 0.717) is 26.2 Å². The van der Waals surface area contributed by atoms with Gasteiger partial charge in [-0.05, 0) is 19.2 Å². The van der Waals surface area contributed by atoms with E-state index in [1.54, 1.807) is 7.11 Å². The molecule has 1 aromatic rings. The van der Waals surface area contributed by atoms with Crippen molar-refractivity contribution in [3.63, 3.8) is 0 Å². The van der Waals surface area contributed by atoms with Gasteiger partial charge < -0.3 is 15.0 Å². The maximum absolute atomic E-state index is 13.6. The Morgan fingerprint density at radius 3 is 2.50 bits per heavy atom. The fourth-order valence-electron chi connectivity index (χ4n) is 1.57. The summed E-state index contributed by atoms with van der Waals surface area (Å²) < 4.78 is 32.3. The zero-order valence-electron chi connectivity index (χ0n) is 11.4. The summed E-state index contributed by atoms with van der Waals surface area (Å²) in [5.41, 5.74) is -0.562. The van der Waals surface area contributed by atoms with Crippen LogP contribution in [0.2, 0.25) is 0 Å². The highest BCUT2D eigenvalue weighted by Crippen LogP contribution is 2.19. The molecule has 0 aliphatic heterocycles. The van der Waals surface area contributed by atoms with E-state index in [1.165, 1.54) is 0 Å². The second kappa shape index (κ2) is 8.28. The number of likely N-dealkylation sites (N-methyl/N-ethyl adjacent to an activating group) is 1. The number of hydrogen-bond acceptors (Lipinski definition) is 3. The molecule has 0 atom stereocenters. The number of carbonyl (C=O) groups is 1. The first-order valence-corrected chi connectivity index (χ1v) is 6.85. The van der Waals surface area contributed by atoms with Gasteiger partial charge in [-0.25, -0.2) is 8.78 Å². The van der Waals surface area contributed by atoms with Crippen LogP contribution in [0.1, 0.15) is 10.4 Å². The number of nitrogens with zero attached hydrogens (tertiary/aromatic N) is 1. The number of rotatable bonds is 7. The molecule has 0 heterocycles. The number of ether oxygens (including phenoxy) is 1. The molecule has 0 spiro atoms. The topological polar surface area (TPSA) is 41.6 Å². The van der Waals surface area contributed by atoms with E-state index < -0.39 is 23.1 Å². The Kier molecular flexibility index (Phi) is 7.04. The maximum atomic E-state index is 13.6. The van der Waals surface area contributed by atoms with E-state index >= 15 is 0 Å². The van der Waals surface area contributed by atoms with Gasteiger partial charge >= 0.3 is 0 Å². The normalized spacial score (nSPS) is 10.9. The highest BCUT2D eigenvalue weighted by Gasteiger charge is 2.17. The first kappa shape index (κ1) is 17.0. The molecule has 0 aliphatic carbocycles. The van der Waals surface area contributed by atoms with E-state index in [-0.39, 0.29) is 4.47 Å². The minimum absolute atomic E-state index is 0.253. The van der Waals surface area contributed by atoms with E-state index in [1.807, 2.05) is 11.9 Å². The van der Waals surface area contributed by atoms with Gasteiger partial charge in [-0.1, -0.05) is 15.9 Å². The Balaban J connectivity index is 2.52. The first-order chi connectivity index (χ1) is 9.45. The predicted molar refractivity (Wildman–Crippen MR) is 75.8 cm³/mol. The third-order valence-corrected chi connectivity index (χ3v) is 3.15. The van der Waals surface area contributed by atoms with Gasteiger partial charge in [-0.3, -0.25) is 4.79 Å². The Hall–Kier alpha value is -1.05. The number of hydrogen-bond donors (Lipinski definition) is 1. The average Bonchev–Trinajstić information content (AvgIpc) is 2.35. The average molecular weight is 351 g/mol. The number of nitrogens with one attached hydrogen (secondary N) is 1. The van der Waals surface area contributed by atoms with Gasteiger partial charge in [-0.2, -0.15) is 0 Å². The molecule has 112 valence electrons. The van der Waals surface area contributed by atoms with Crippen molar-refractivity contribution in [1.82, 2.24) is 10.2 Å². The number of benzene rings is 1. The monoisotopic (exact) mass is 350 g/mol. The lowest BCUT2D eigenvalue weighted by atomic mass is 10.2. The van der Waals surface area contributed by atoms with Crippen LogP contribution in [0.15, 0.2) is 16.6 Å². The summed E-state index contributed by atoms with van der Waals surface area (Å²) in [7, 11) is 3.47. The van der Waals surface area contributed by atoms with E-state index in [4.69, 9.17) is 4.74 Å². The van der Waals surface area contributed by atoms with E-state index in [9.17, 15) is 13.6 Å². The smallest absolute Gasteiger partial charge is 0.257 e. The third kappa shape index (κ3) is 5.15. The van der Waals surface area contributed by atoms with E-state index in [0.717, 1.165) is 12.1 Å². The van der Waals surface area contributed by atoms with Crippen molar-refractivity contribution in [3.05, 3.63) is 33.8 Å². The van der Waals surface area contributed by atoms with Crippen LogP contribution in [0.4, 0.5) is 8.78 Å². The van der Waals surface area contributed by atoms with Crippen molar-refractivity contribution < 1.29 is 18.3 Å². The lowest BCUT2D eigenvalue weighted by molar-refractivity contribution is 0.0939. The number of amides is 1. The van der Waals surface area contributed by atoms with Crippen LogP contribution in [0.5, 0.6) is 0 Å². The van der Waals surface area contributed by atoms with Crippen LogP contribution in [0.3, 0.4) is 0 Å². The van der Waals surface area contributed by atoms with Gasteiger partial charge in [-0.15, -0.1) is 0 Å². The van der Waals surface area contributed by atoms with Gasteiger partial charge in [0.1, 0.15) is 17.2 Å². The lowest BCUT2D eigenvalue weighted by Gasteiger charge is -2.16. The summed E-state index contributed by atoms with van der Waals surface area (Å²) in [6, 6.07) is 2.12. The van der Waals surface area contributed by atoms with Crippen LogP contribution < -0.4 is 5.32 Å². The van der Waals surface area contributed by atoms with Crippen LogP contribution in [0.25, 0.3) is 0 Å². The molecule has 0 bridgehead atoms. The van der Waals surface area contributed by atoms with Gasteiger partial charge in [0.2, 0.25) is 0 Å². The van der Waals surface area contributed by atoms with Crippen molar-refractivity contribution >= 4 is 21.8 Å². The molecule has 0 unspecified atom stereocenters. The second-order valence-corrected chi connectivity index (χ2v) is 5.21. The molecule has 0 aliphatic rings. The SMILES string of the molecule is COCCN(C)CCNC(=O)c1c(F)cc(Br)cc1F. The quantitative estimate of drug-likeness (QED) is 0.818. The van der Waals surface area contributed by atoms with Crippen LogP contribution in [-0.2, 0) is 4.74 Å². The Morgan fingerprint density at radius 1 is 1.35 bits per heavy atom. The summed E-state index contributed by atoms with van der Waals surface area (Å²) in [5, 5.41) is 2.49. The molecule has 1 N–H and O–H groups in total. The molecule has 4 nitrogen and oxygen atoms in total. The Labute approximate surface area is 125 Å². The predicted octanol–water partition coefficient (Wildman–Crippen LogP) is 2.04. The minimum Gasteiger partial charge on any atom is -0.383 e. The molecular weight excluding hydrogens is 334 g/mol. The molecule has 1 amide bonds. The van der Waals surface area contributed by atoms with Gasteiger partial charge in [0.25, 0.3) is 5.91 Å². The lowest BCUT2D eigenvalue weighted by Crippen LogP contribution is -2.35. The van der Waals surface area contributed by atoms with Gasteiger partial charge in [0.15, 0.2) is 0 Å². The molecule has 1 rings (SSSR count). The van der Waals surface area contributed by atoms with Crippen molar-refractivity contribution in [1.29, 1.82) is 0 Å². The molecule has 0 saturated heterocycles. The zero-order valence-corrected chi connectivity index (χ0v) is 13.0. The fraction of sp³-hybridized carbons (Fsp3) is 0.462. The van der Waals surface area contributed by atoms with Gasteiger partial charge in [0, 0.05) is 31.2 Å². The van der Waals surface area contributed by atoms with Crippen molar-refractivity contribution in [2.24, 2.45) is 0 Å². The van der Waals surface area contributed by atoms with Crippen LogP contribution in [0, 0.1) is 11.6 Å².